The molecule has 3 aromatic rings. The van der Waals surface area contributed by atoms with Gasteiger partial charge in [0.25, 0.3) is 5.56 Å². The lowest BCUT2D eigenvalue weighted by Crippen LogP contribution is -2.36. The molecule has 0 unspecified atom stereocenters. The van der Waals surface area contributed by atoms with E-state index in [-0.39, 0.29) is 30.3 Å². The second-order valence-electron chi connectivity index (χ2n) is 6.39. The average molecular weight is 442 g/mol. The summed E-state index contributed by atoms with van der Waals surface area (Å²) in [5.74, 6) is -0.507. The van der Waals surface area contributed by atoms with Gasteiger partial charge in [0.2, 0.25) is 11.8 Å². The minimum atomic E-state index is -0.674. The van der Waals surface area contributed by atoms with Crippen LogP contribution in [-0.4, -0.2) is 22.9 Å². The highest BCUT2D eigenvalue weighted by Gasteiger charge is 2.17. The first-order valence-corrected chi connectivity index (χ1v) is 9.68. The number of carbonyl (C=O) groups excluding carboxylic acids is 2. The minimum absolute atomic E-state index is 0.140. The molecule has 3 rings (SSSR count). The number of hydrogen-bond donors (Lipinski definition) is 2. The largest absolute Gasteiger partial charge is 0.354 e. The van der Waals surface area contributed by atoms with Gasteiger partial charge in [-0.3, -0.25) is 14.4 Å². The van der Waals surface area contributed by atoms with Gasteiger partial charge in [0, 0.05) is 34.7 Å². The molecule has 1 aromatic heterocycles. The lowest BCUT2D eigenvalue weighted by atomic mass is 10.1. The SMILES string of the molecule is C[C@@H](C(=O)NCCC(=O)Nc1ccc(Br)cc1)n1ccc2ccccc2c1=O. The fourth-order valence-corrected chi connectivity index (χ4v) is 3.10. The Morgan fingerprint density at radius 2 is 1.79 bits per heavy atom. The molecule has 0 spiro atoms. The number of rotatable bonds is 6. The highest BCUT2D eigenvalue weighted by Crippen LogP contribution is 2.14. The van der Waals surface area contributed by atoms with Crippen LogP contribution in [0.1, 0.15) is 19.4 Å². The molecule has 0 radical (unpaired) electrons. The second kappa shape index (κ2) is 8.84. The summed E-state index contributed by atoms with van der Waals surface area (Å²) in [6.45, 7) is 1.85. The van der Waals surface area contributed by atoms with Crippen molar-refractivity contribution in [1.29, 1.82) is 0 Å². The van der Waals surface area contributed by atoms with E-state index < -0.39 is 6.04 Å². The van der Waals surface area contributed by atoms with Crippen molar-refractivity contribution in [3.63, 3.8) is 0 Å². The molecule has 0 saturated heterocycles. The molecule has 0 aliphatic heterocycles. The van der Waals surface area contributed by atoms with E-state index in [0.717, 1.165) is 9.86 Å². The molecular weight excluding hydrogens is 422 g/mol. The van der Waals surface area contributed by atoms with Crippen molar-refractivity contribution in [2.24, 2.45) is 0 Å². The van der Waals surface area contributed by atoms with E-state index in [2.05, 4.69) is 26.6 Å². The van der Waals surface area contributed by atoms with Crippen LogP contribution >= 0.6 is 15.9 Å². The van der Waals surface area contributed by atoms with Crippen LogP contribution in [0.25, 0.3) is 10.8 Å². The summed E-state index contributed by atoms with van der Waals surface area (Å²) in [7, 11) is 0. The number of amides is 2. The molecule has 28 heavy (non-hydrogen) atoms. The highest BCUT2D eigenvalue weighted by atomic mass is 79.9. The van der Waals surface area contributed by atoms with E-state index in [1.54, 1.807) is 37.4 Å². The predicted octanol–water partition coefficient (Wildman–Crippen LogP) is 3.47. The van der Waals surface area contributed by atoms with Crippen LogP contribution in [0.4, 0.5) is 5.69 Å². The molecule has 0 saturated carbocycles. The molecule has 0 aliphatic carbocycles. The standard InChI is InChI=1S/C21H20BrN3O3/c1-14(25-13-11-15-4-2-3-5-18(15)21(25)28)20(27)23-12-10-19(26)24-17-8-6-16(22)7-9-17/h2-9,11,13-14H,10,12H2,1H3,(H,23,27)(H,24,26)/t14-/m0/s1. The fraction of sp³-hybridized carbons (Fsp3) is 0.190. The van der Waals surface area contributed by atoms with Gasteiger partial charge in [-0.1, -0.05) is 34.1 Å². The van der Waals surface area contributed by atoms with Gasteiger partial charge >= 0.3 is 0 Å². The van der Waals surface area contributed by atoms with Crippen LogP contribution in [0.15, 0.2) is 70.1 Å². The molecule has 2 N–H and O–H groups in total. The fourth-order valence-electron chi connectivity index (χ4n) is 2.84. The second-order valence-corrected chi connectivity index (χ2v) is 7.30. The summed E-state index contributed by atoms with van der Waals surface area (Å²) in [4.78, 5) is 37.0. The Balaban J connectivity index is 1.56. The molecule has 2 aromatic carbocycles. The maximum absolute atomic E-state index is 12.6. The summed E-state index contributed by atoms with van der Waals surface area (Å²) < 4.78 is 2.33. The number of nitrogens with zero attached hydrogens (tertiary/aromatic N) is 1. The van der Waals surface area contributed by atoms with Gasteiger partial charge in [0.15, 0.2) is 0 Å². The number of carbonyl (C=O) groups is 2. The number of aromatic nitrogens is 1. The maximum Gasteiger partial charge on any atom is 0.259 e. The number of anilines is 1. The monoisotopic (exact) mass is 441 g/mol. The Bertz CT molecular complexity index is 1060. The Hall–Kier alpha value is -2.93. The molecule has 1 heterocycles. The third kappa shape index (κ3) is 4.67. The summed E-state index contributed by atoms with van der Waals surface area (Å²) in [5.41, 5.74) is 0.476. The van der Waals surface area contributed by atoms with Gasteiger partial charge < -0.3 is 15.2 Å². The number of halogens is 1. The van der Waals surface area contributed by atoms with E-state index >= 15 is 0 Å². The molecule has 0 bridgehead atoms. The first kappa shape index (κ1) is 19.8. The van der Waals surface area contributed by atoms with Crippen molar-refractivity contribution in [1.82, 2.24) is 9.88 Å². The van der Waals surface area contributed by atoms with Gasteiger partial charge in [-0.15, -0.1) is 0 Å². The van der Waals surface area contributed by atoms with Crippen molar-refractivity contribution >= 4 is 44.2 Å². The molecule has 6 nitrogen and oxygen atoms in total. The molecule has 0 aliphatic rings. The van der Waals surface area contributed by atoms with Gasteiger partial charge in [0.1, 0.15) is 6.04 Å². The van der Waals surface area contributed by atoms with E-state index in [9.17, 15) is 14.4 Å². The normalized spacial score (nSPS) is 11.8. The molecule has 0 fully saturated rings. The Kier molecular flexibility index (Phi) is 6.26. The summed E-state index contributed by atoms with van der Waals surface area (Å²) >= 11 is 3.34. The first-order valence-electron chi connectivity index (χ1n) is 8.89. The van der Waals surface area contributed by atoms with Crippen LogP contribution in [0, 0.1) is 0 Å². The van der Waals surface area contributed by atoms with Crippen LogP contribution in [0.5, 0.6) is 0 Å². The first-order chi connectivity index (χ1) is 13.5. The highest BCUT2D eigenvalue weighted by molar-refractivity contribution is 9.10. The van der Waals surface area contributed by atoms with Crippen LogP contribution < -0.4 is 16.2 Å². The third-order valence-electron chi connectivity index (χ3n) is 4.42. The number of hydrogen-bond acceptors (Lipinski definition) is 3. The summed E-state index contributed by atoms with van der Waals surface area (Å²) in [6.07, 6.45) is 1.76. The molecular formula is C21H20BrN3O3. The van der Waals surface area contributed by atoms with Gasteiger partial charge in [-0.25, -0.2) is 0 Å². The maximum atomic E-state index is 12.6. The van der Waals surface area contributed by atoms with Crippen LogP contribution in [0.2, 0.25) is 0 Å². The van der Waals surface area contributed by atoms with Crippen LogP contribution in [0.3, 0.4) is 0 Å². The minimum Gasteiger partial charge on any atom is -0.354 e. The summed E-state index contributed by atoms with van der Waals surface area (Å²) in [5, 5.41) is 6.88. The molecule has 1 atom stereocenters. The number of pyridine rings is 1. The smallest absolute Gasteiger partial charge is 0.259 e. The van der Waals surface area contributed by atoms with E-state index in [1.165, 1.54) is 4.57 Å². The average Bonchev–Trinajstić information content (AvgIpc) is 2.69. The van der Waals surface area contributed by atoms with Gasteiger partial charge in [-0.05, 0) is 48.7 Å². The third-order valence-corrected chi connectivity index (χ3v) is 4.95. The van der Waals surface area contributed by atoms with Gasteiger partial charge in [0.05, 0.1) is 0 Å². The van der Waals surface area contributed by atoms with Crippen molar-refractivity contribution in [2.75, 3.05) is 11.9 Å². The Labute approximate surface area is 170 Å². The van der Waals surface area contributed by atoms with E-state index in [4.69, 9.17) is 0 Å². The Morgan fingerprint density at radius 3 is 2.54 bits per heavy atom. The molecule has 144 valence electrons. The van der Waals surface area contributed by atoms with Crippen molar-refractivity contribution in [3.05, 3.63) is 75.6 Å². The van der Waals surface area contributed by atoms with E-state index in [0.29, 0.717) is 11.1 Å². The van der Waals surface area contributed by atoms with Crippen LogP contribution in [-0.2, 0) is 9.59 Å². The number of fused-ring (bicyclic) bond motifs is 1. The lowest BCUT2D eigenvalue weighted by Gasteiger charge is -2.16. The molecule has 7 heteroatoms. The predicted molar refractivity (Wildman–Crippen MR) is 113 cm³/mol. The zero-order valence-electron chi connectivity index (χ0n) is 15.3. The number of nitrogens with one attached hydrogen (secondary N) is 2. The van der Waals surface area contributed by atoms with Crippen molar-refractivity contribution in [3.8, 4) is 0 Å². The van der Waals surface area contributed by atoms with Gasteiger partial charge in [-0.2, -0.15) is 0 Å². The van der Waals surface area contributed by atoms with Crippen molar-refractivity contribution in [2.45, 2.75) is 19.4 Å². The quantitative estimate of drug-likeness (QED) is 0.614. The number of benzene rings is 2. The Morgan fingerprint density at radius 1 is 1.07 bits per heavy atom. The zero-order chi connectivity index (χ0) is 20.1. The lowest BCUT2D eigenvalue weighted by molar-refractivity contribution is -0.124. The summed E-state index contributed by atoms with van der Waals surface area (Å²) in [6, 6.07) is 15.6. The topological polar surface area (TPSA) is 80.2 Å². The van der Waals surface area contributed by atoms with E-state index in [1.807, 2.05) is 30.3 Å². The molecule has 2 amide bonds. The van der Waals surface area contributed by atoms with Crippen molar-refractivity contribution < 1.29 is 9.59 Å². The zero-order valence-corrected chi connectivity index (χ0v) is 16.9.